The van der Waals surface area contributed by atoms with Crippen LogP contribution in [0.5, 0.6) is 0 Å². The van der Waals surface area contributed by atoms with Gasteiger partial charge in [0.1, 0.15) is 0 Å². The first kappa shape index (κ1) is 13.4. The van der Waals surface area contributed by atoms with Gasteiger partial charge in [0, 0.05) is 33.1 Å². The Balaban J connectivity index is 3.49. The molecule has 0 aliphatic carbocycles. The standard InChI is InChI=1S/C10H23N3O/c1-9(11)8-13(4)7-5-6-10(14)12(2)3/h9H,5-8,11H2,1-4H3. The van der Waals surface area contributed by atoms with Crippen molar-refractivity contribution in [2.24, 2.45) is 5.73 Å². The van der Waals surface area contributed by atoms with Gasteiger partial charge in [-0.3, -0.25) is 4.79 Å². The van der Waals surface area contributed by atoms with Crippen molar-refractivity contribution in [3.05, 3.63) is 0 Å². The van der Waals surface area contributed by atoms with Crippen molar-refractivity contribution in [1.82, 2.24) is 9.80 Å². The van der Waals surface area contributed by atoms with Crippen LogP contribution in [-0.4, -0.2) is 56.0 Å². The third kappa shape index (κ3) is 6.86. The van der Waals surface area contributed by atoms with E-state index >= 15 is 0 Å². The van der Waals surface area contributed by atoms with Gasteiger partial charge in [-0.15, -0.1) is 0 Å². The number of nitrogens with zero attached hydrogens (tertiary/aromatic N) is 2. The zero-order valence-electron chi connectivity index (χ0n) is 9.79. The molecule has 0 saturated heterocycles. The summed E-state index contributed by atoms with van der Waals surface area (Å²) < 4.78 is 0. The van der Waals surface area contributed by atoms with Crippen LogP contribution in [0, 0.1) is 0 Å². The molecule has 84 valence electrons. The zero-order chi connectivity index (χ0) is 11.1. The van der Waals surface area contributed by atoms with E-state index in [-0.39, 0.29) is 11.9 Å². The van der Waals surface area contributed by atoms with Gasteiger partial charge in [-0.2, -0.15) is 0 Å². The van der Waals surface area contributed by atoms with Gasteiger partial charge < -0.3 is 15.5 Å². The molecule has 0 spiro atoms. The Kier molecular flexibility index (Phi) is 6.49. The maximum absolute atomic E-state index is 11.2. The largest absolute Gasteiger partial charge is 0.349 e. The fourth-order valence-corrected chi connectivity index (χ4v) is 1.31. The normalized spacial score (nSPS) is 13.0. The summed E-state index contributed by atoms with van der Waals surface area (Å²) >= 11 is 0. The van der Waals surface area contributed by atoms with Crippen LogP contribution < -0.4 is 5.73 Å². The number of amides is 1. The summed E-state index contributed by atoms with van der Waals surface area (Å²) in [4.78, 5) is 15.0. The topological polar surface area (TPSA) is 49.6 Å². The van der Waals surface area contributed by atoms with Crippen LogP contribution >= 0.6 is 0 Å². The SMILES string of the molecule is CC(N)CN(C)CCCC(=O)N(C)C. The van der Waals surface area contributed by atoms with E-state index in [0.717, 1.165) is 19.5 Å². The summed E-state index contributed by atoms with van der Waals surface area (Å²) in [5, 5.41) is 0. The Morgan fingerprint density at radius 3 is 2.36 bits per heavy atom. The number of carbonyl (C=O) groups excluding carboxylic acids is 1. The number of rotatable bonds is 6. The second-order valence-electron chi connectivity index (χ2n) is 4.13. The van der Waals surface area contributed by atoms with E-state index in [4.69, 9.17) is 5.73 Å². The second kappa shape index (κ2) is 6.79. The highest BCUT2D eigenvalue weighted by atomic mass is 16.2. The molecule has 1 amide bonds. The van der Waals surface area contributed by atoms with E-state index in [9.17, 15) is 4.79 Å². The van der Waals surface area contributed by atoms with E-state index < -0.39 is 0 Å². The first-order chi connectivity index (χ1) is 6.43. The first-order valence-corrected chi connectivity index (χ1v) is 5.07. The molecule has 1 atom stereocenters. The Morgan fingerprint density at radius 2 is 1.93 bits per heavy atom. The van der Waals surface area contributed by atoms with Crippen molar-refractivity contribution < 1.29 is 4.79 Å². The minimum absolute atomic E-state index is 0.194. The third-order valence-corrected chi connectivity index (χ3v) is 2.03. The molecule has 2 N–H and O–H groups in total. The lowest BCUT2D eigenvalue weighted by Crippen LogP contribution is -2.34. The lowest BCUT2D eigenvalue weighted by molar-refractivity contribution is -0.128. The smallest absolute Gasteiger partial charge is 0.222 e. The summed E-state index contributed by atoms with van der Waals surface area (Å²) in [7, 11) is 5.60. The van der Waals surface area contributed by atoms with E-state index in [0.29, 0.717) is 6.42 Å². The molecule has 4 heteroatoms. The maximum Gasteiger partial charge on any atom is 0.222 e. The molecule has 0 saturated carbocycles. The minimum Gasteiger partial charge on any atom is -0.349 e. The Bertz CT molecular complexity index is 169. The van der Waals surface area contributed by atoms with Crippen LogP contribution in [0.4, 0.5) is 0 Å². The molecule has 1 unspecified atom stereocenters. The fraction of sp³-hybridized carbons (Fsp3) is 0.900. The highest BCUT2D eigenvalue weighted by Gasteiger charge is 2.05. The van der Waals surface area contributed by atoms with Crippen molar-refractivity contribution in [1.29, 1.82) is 0 Å². The maximum atomic E-state index is 11.2. The zero-order valence-corrected chi connectivity index (χ0v) is 9.79. The highest BCUT2D eigenvalue weighted by Crippen LogP contribution is 1.96. The summed E-state index contributed by atoms with van der Waals surface area (Å²) in [5.74, 6) is 0.194. The molecule has 0 aromatic rings. The molecule has 0 bridgehead atoms. The summed E-state index contributed by atoms with van der Waals surface area (Å²) in [6, 6.07) is 0.199. The van der Waals surface area contributed by atoms with Crippen LogP contribution in [-0.2, 0) is 4.79 Å². The first-order valence-electron chi connectivity index (χ1n) is 5.07. The Labute approximate surface area is 87.0 Å². The van der Waals surface area contributed by atoms with Crippen LogP contribution in [0.3, 0.4) is 0 Å². The van der Waals surface area contributed by atoms with Crippen molar-refractivity contribution in [3.63, 3.8) is 0 Å². The molecule has 0 rings (SSSR count). The number of nitrogens with two attached hydrogens (primary N) is 1. The van der Waals surface area contributed by atoms with Crippen molar-refractivity contribution in [2.45, 2.75) is 25.8 Å². The number of likely N-dealkylation sites (N-methyl/N-ethyl adjacent to an activating group) is 1. The monoisotopic (exact) mass is 201 g/mol. The van der Waals surface area contributed by atoms with Crippen molar-refractivity contribution in [2.75, 3.05) is 34.2 Å². The van der Waals surface area contributed by atoms with Gasteiger partial charge in [0.2, 0.25) is 5.91 Å². The van der Waals surface area contributed by atoms with E-state index in [2.05, 4.69) is 4.90 Å². The van der Waals surface area contributed by atoms with Gasteiger partial charge in [0.25, 0.3) is 0 Å². The van der Waals surface area contributed by atoms with Crippen LogP contribution in [0.2, 0.25) is 0 Å². The molecule has 0 radical (unpaired) electrons. The van der Waals surface area contributed by atoms with Crippen molar-refractivity contribution >= 4 is 5.91 Å². The minimum atomic E-state index is 0.194. The van der Waals surface area contributed by atoms with Gasteiger partial charge in [-0.05, 0) is 26.9 Å². The van der Waals surface area contributed by atoms with Gasteiger partial charge in [-0.25, -0.2) is 0 Å². The molecule has 0 aliphatic heterocycles. The van der Waals surface area contributed by atoms with Crippen molar-refractivity contribution in [3.8, 4) is 0 Å². The van der Waals surface area contributed by atoms with Gasteiger partial charge in [0.05, 0.1) is 0 Å². The fourth-order valence-electron chi connectivity index (χ4n) is 1.31. The third-order valence-electron chi connectivity index (χ3n) is 2.03. The highest BCUT2D eigenvalue weighted by molar-refractivity contribution is 5.75. The van der Waals surface area contributed by atoms with Crippen LogP contribution in [0.1, 0.15) is 19.8 Å². The predicted octanol–water partition coefficient (Wildman–Crippen LogP) is 0.134. The van der Waals surface area contributed by atoms with Crippen LogP contribution in [0.25, 0.3) is 0 Å². The molecule has 14 heavy (non-hydrogen) atoms. The quantitative estimate of drug-likeness (QED) is 0.665. The number of hydrogen-bond donors (Lipinski definition) is 1. The number of hydrogen-bond acceptors (Lipinski definition) is 3. The summed E-state index contributed by atoms with van der Waals surface area (Å²) in [5.41, 5.74) is 5.66. The average molecular weight is 201 g/mol. The van der Waals surface area contributed by atoms with Gasteiger partial charge in [0.15, 0.2) is 0 Å². The average Bonchev–Trinajstić information content (AvgIpc) is 2.02. The predicted molar refractivity (Wildman–Crippen MR) is 59.1 cm³/mol. The second-order valence-corrected chi connectivity index (χ2v) is 4.13. The molecule has 0 fully saturated rings. The Morgan fingerprint density at radius 1 is 1.36 bits per heavy atom. The van der Waals surface area contributed by atoms with Gasteiger partial charge >= 0.3 is 0 Å². The van der Waals surface area contributed by atoms with E-state index in [1.54, 1.807) is 19.0 Å². The summed E-state index contributed by atoms with van der Waals surface area (Å²) in [6.45, 7) is 3.80. The lowest BCUT2D eigenvalue weighted by atomic mass is 10.2. The molecule has 0 heterocycles. The molecule has 0 aromatic heterocycles. The Hall–Kier alpha value is -0.610. The molecular weight excluding hydrogens is 178 g/mol. The van der Waals surface area contributed by atoms with Crippen LogP contribution in [0.15, 0.2) is 0 Å². The molecule has 4 nitrogen and oxygen atoms in total. The number of carbonyl (C=O) groups is 1. The van der Waals surface area contributed by atoms with E-state index in [1.165, 1.54) is 0 Å². The van der Waals surface area contributed by atoms with E-state index in [1.807, 2.05) is 14.0 Å². The lowest BCUT2D eigenvalue weighted by Gasteiger charge is -2.19. The molecule has 0 aromatic carbocycles. The van der Waals surface area contributed by atoms with Gasteiger partial charge in [-0.1, -0.05) is 0 Å². The molecule has 0 aliphatic rings. The molecular formula is C10H23N3O. The summed E-state index contributed by atoms with van der Waals surface area (Å²) in [6.07, 6.45) is 1.52.